The van der Waals surface area contributed by atoms with E-state index in [0.29, 0.717) is 5.41 Å². The Morgan fingerprint density at radius 2 is 1.67 bits per heavy atom. The summed E-state index contributed by atoms with van der Waals surface area (Å²) in [7, 11) is 1.92. The lowest BCUT2D eigenvalue weighted by Gasteiger charge is -2.57. The average molecular weight is 246 g/mol. The largest absolute Gasteiger partial charge is 0.303 e. The molecule has 0 aliphatic heterocycles. The Bertz CT molecular complexity index is 332. The first kappa shape index (κ1) is 12.5. The number of nitrogens with one attached hydrogen (secondary N) is 1. The summed E-state index contributed by atoms with van der Waals surface area (Å²) in [6.07, 6.45) is 11.2. The standard InChI is InChI=1S/C16H26N2/c1-15(11-17,18-2)3-4-16-8-12-5-13(9-16)7-14(6-12)10-16/h12-14,18H,3-10H2,1-2H3. The van der Waals surface area contributed by atoms with Crippen molar-refractivity contribution in [2.45, 2.75) is 63.8 Å². The smallest absolute Gasteiger partial charge is 0.103 e. The molecule has 0 aromatic carbocycles. The van der Waals surface area contributed by atoms with Crippen molar-refractivity contribution in [3.63, 3.8) is 0 Å². The third-order valence-corrected chi connectivity index (χ3v) is 6.12. The zero-order chi connectivity index (χ0) is 12.8. The van der Waals surface area contributed by atoms with Crippen molar-refractivity contribution in [1.29, 1.82) is 5.26 Å². The maximum absolute atomic E-state index is 9.29. The highest BCUT2D eigenvalue weighted by atomic mass is 14.9. The van der Waals surface area contributed by atoms with Gasteiger partial charge in [0, 0.05) is 0 Å². The van der Waals surface area contributed by atoms with E-state index in [1.165, 1.54) is 44.9 Å². The van der Waals surface area contributed by atoms with E-state index in [1.807, 2.05) is 14.0 Å². The first-order chi connectivity index (χ1) is 8.56. The maximum atomic E-state index is 9.29. The molecule has 0 aromatic rings. The second kappa shape index (κ2) is 4.23. The van der Waals surface area contributed by atoms with E-state index in [-0.39, 0.29) is 5.54 Å². The molecule has 4 rings (SSSR count). The van der Waals surface area contributed by atoms with Gasteiger partial charge in [-0.3, -0.25) is 0 Å². The zero-order valence-corrected chi connectivity index (χ0v) is 11.8. The van der Waals surface area contributed by atoms with Crippen LogP contribution in [-0.4, -0.2) is 12.6 Å². The normalized spacial score (nSPS) is 44.6. The second-order valence-electron chi connectivity index (χ2n) is 7.61. The summed E-state index contributed by atoms with van der Waals surface area (Å²) in [6.45, 7) is 2.05. The Kier molecular flexibility index (Phi) is 2.94. The van der Waals surface area contributed by atoms with Crippen LogP contribution in [-0.2, 0) is 0 Å². The van der Waals surface area contributed by atoms with Crippen LogP contribution in [0.5, 0.6) is 0 Å². The summed E-state index contributed by atoms with van der Waals surface area (Å²) in [5.74, 6) is 3.08. The Balaban J connectivity index is 1.68. The van der Waals surface area contributed by atoms with Crippen molar-refractivity contribution in [2.24, 2.45) is 23.2 Å². The van der Waals surface area contributed by atoms with E-state index in [1.54, 1.807) is 0 Å². The van der Waals surface area contributed by atoms with Gasteiger partial charge < -0.3 is 5.32 Å². The summed E-state index contributed by atoms with van der Waals surface area (Å²) in [5, 5.41) is 12.5. The Morgan fingerprint density at radius 3 is 2.06 bits per heavy atom. The fourth-order valence-electron chi connectivity index (χ4n) is 5.35. The lowest BCUT2D eigenvalue weighted by atomic mass is 9.48. The van der Waals surface area contributed by atoms with Crippen LogP contribution in [0.1, 0.15) is 58.3 Å². The van der Waals surface area contributed by atoms with Crippen molar-refractivity contribution >= 4 is 0 Å². The fourth-order valence-corrected chi connectivity index (χ4v) is 5.35. The first-order valence-corrected chi connectivity index (χ1v) is 7.67. The summed E-state index contributed by atoms with van der Waals surface area (Å²) in [5.41, 5.74) is 0.299. The number of nitrogens with zero attached hydrogens (tertiary/aromatic N) is 1. The fraction of sp³-hybridized carbons (Fsp3) is 0.938. The molecule has 2 nitrogen and oxygen atoms in total. The van der Waals surface area contributed by atoms with Gasteiger partial charge in [0.1, 0.15) is 5.54 Å². The number of hydrogen-bond acceptors (Lipinski definition) is 2. The van der Waals surface area contributed by atoms with E-state index >= 15 is 0 Å². The van der Waals surface area contributed by atoms with E-state index in [2.05, 4.69) is 11.4 Å². The van der Waals surface area contributed by atoms with Crippen molar-refractivity contribution in [1.82, 2.24) is 5.32 Å². The third kappa shape index (κ3) is 2.07. The minimum Gasteiger partial charge on any atom is -0.303 e. The van der Waals surface area contributed by atoms with E-state index in [9.17, 15) is 5.26 Å². The summed E-state index contributed by atoms with van der Waals surface area (Å²) in [6, 6.07) is 2.45. The predicted molar refractivity (Wildman–Crippen MR) is 72.9 cm³/mol. The number of nitriles is 1. The average Bonchev–Trinajstić information content (AvgIpc) is 2.35. The lowest BCUT2D eigenvalue weighted by molar-refractivity contribution is -0.0600. The molecule has 4 fully saturated rings. The van der Waals surface area contributed by atoms with Gasteiger partial charge >= 0.3 is 0 Å². The van der Waals surface area contributed by atoms with Crippen molar-refractivity contribution in [2.75, 3.05) is 7.05 Å². The molecule has 0 saturated heterocycles. The van der Waals surface area contributed by atoms with Gasteiger partial charge in [-0.2, -0.15) is 5.26 Å². The molecular weight excluding hydrogens is 220 g/mol. The van der Waals surface area contributed by atoms with Crippen LogP contribution in [0, 0.1) is 34.5 Å². The minimum absolute atomic E-state index is 0.316. The van der Waals surface area contributed by atoms with Gasteiger partial charge in [0.25, 0.3) is 0 Å². The molecule has 0 radical (unpaired) electrons. The zero-order valence-electron chi connectivity index (χ0n) is 11.8. The summed E-state index contributed by atoms with van der Waals surface area (Å²) < 4.78 is 0. The molecule has 100 valence electrons. The third-order valence-electron chi connectivity index (χ3n) is 6.12. The van der Waals surface area contributed by atoms with Crippen LogP contribution in [0.15, 0.2) is 0 Å². The topological polar surface area (TPSA) is 35.8 Å². The van der Waals surface area contributed by atoms with Crippen LogP contribution in [0.4, 0.5) is 0 Å². The summed E-state index contributed by atoms with van der Waals surface area (Å²) >= 11 is 0. The van der Waals surface area contributed by atoms with Gasteiger partial charge in [-0.1, -0.05) is 0 Å². The van der Waals surface area contributed by atoms with Crippen LogP contribution in [0.25, 0.3) is 0 Å². The molecule has 0 aromatic heterocycles. The molecule has 4 bridgehead atoms. The summed E-state index contributed by atoms with van der Waals surface area (Å²) in [4.78, 5) is 0. The van der Waals surface area contributed by atoms with E-state index in [0.717, 1.165) is 24.2 Å². The van der Waals surface area contributed by atoms with Gasteiger partial charge in [0.15, 0.2) is 0 Å². The lowest BCUT2D eigenvalue weighted by Crippen LogP contribution is -2.47. The van der Waals surface area contributed by atoms with Crippen molar-refractivity contribution in [3.05, 3.63) is 0 Å². The predicted octanol–water partition coefficient (Wildman–Crippen LogP) is 3.48. The first-order valence-electron chi connectivity index (χ1n) is 7.67. The van der Waals surface area contributed by atoms with Gasteiger partial charge in [-0.15, -0.1) is 0 Å². The highest BCUT2D eigenvalue weighted by Crippen LogP contribution is 2.61. The van der Waals surface area contributed by atoms with Gasteiger partial charge in [0.2, 0.25) is 0 Å². The van der Waals surface area contributed by atoms with Gasteiger partial charge in [0.05, 0.1) is 6.07 Å². The minimum atomic E-state index is -0.316. The van der Waals surface area contributed by atoms with Crippen LogP contribution in [0.2, 0.25) is 0 Å². The Hall–Kier alpha value is -0.550. The van der Waals surface area contributed by atoms with Gasteiger partial charge in [-0.25, -0.2) is 0 Å². The molecule has 0 amide bonds. The van der Waals surface area contributed by atoms with Gasteiger partial charge in [-0.05, 0) is 88.5 Å². The molecule has 1 N–H and O–H groups in total. The van der Waals surface area contributed by atoms with E-state index in [4.69, 9.17) is 0 Å². The molecule has 1 atom stereocenters. The highest BCUT2D eigenvalue weighted by Gasteiger charge is 2.50. The molecule has 4 aliphatic rings. The second-order valence-corrected chi connectivity index (χ2v) is 7.61. The maximum Gasteiger partial charge on any atom is 0.103 e. The van der Waals surface area contributed by atoms with Crippen LogP contribution < -0.4 is 5.32 Å². The van der Waals surface area contributed by atoms with Crippen LogP contribution in [0.3, 0.4) is 0 Å². The van der Waals surface area contributed by atoms with Crippen LogP contribution >= 0.6 is 0 Å². The molecule has 4 saturated carbocycles. The Labute approximate surface area is 111 Å². The van der Waals surface area contributed by atoms with E-state index < -0.39 is 0 Å². The molecule has 2 heteroatoms. The number of hydrogen-bond donors (Lipinski definition) is 1. The highest BCUT2D eigenvalue weighted by molar-refractivity contribution is 5.06. The molecular formula is C16H26N2. The SMILES string of the molecule is CNC(C)(C#N)CCC12CC3CC(CC(C3)C1)C2. The quantitative estimate of drug-likeness (QED) is 0.824. The molecule has 18 heavy (non-hydrogen) atoms. The molecule has 0 heterocycles. The monoisotopic (exact) mass is 246 g/mol. The van der Waals surface area contributed by atoms with Crippen molar-refractivity contribution < 1.29 is 0 Å². The molecule has 0 spiro atoms. The van der Waals surface area contributed by atoms with Crippen molar-refractivity contribution in [3.8, 4) is 6.07 Å². The molecule has 1 unspecified atom stereocenters. The number of rotatable bonds is 4. The Morgan fingerprint density at radius 1 is 1.17 bits per heavy atom. The molecule has 4 aliphatic carbocycles.